The molecule has 1 saturated heterocycles. The highest BCUT2D eigenvalue weighted by Gasteiger charge is 2.28. The van der Waals surface area contributed by atoms with E-state index < -0.39 is 0 Å². The van der Waals surface area contributed by atoms with Crippen molar-refractivity contribution in [1.29, 1.82) is 5.26 Å². The Labute approximate surface area is 151 Å². The molecule has 0 bridgehead atoms. The number of benzene rings is 2. The molecule has 2 aromatic carbocycles. The molecule has 0 atom stereocenters. The predicted molar refractivity (Wildman–Crippen MR) is 96.1 cm³/mol. The van der Waals surface area contributed by atoms with Gasteiger partial charge < -0.3 is 9.64 Å². The Hall–Kier alpha value is -2.71. The summed E-state index contributed by atoms with van der Waals surface area (Å²) in [6.07, 6.45) is 0.531. The maximum absolute atomic E-state index is 11.9. The normalized spacial score (nSPS) is 16.4. The van der Waals surface area contributed by atoms with Gasteiger partial charge in [-0.1, -0.05) is 23.7 Å². The summed E-state index contributed by atoms with van der Waals surface area (Å²) >= 11 is 6.00. The van der Waals surface area contributed by atoms with Crippen LogP contribution in [0.4, 0.5) is 16.2 Å². The molecule has 126 valence electrons. The highest BCUT2D eigenvalue weighted by atomic mass is 35.5. The topological polar surface area (TPSA) is 56.6 Å². The van der Waals surface area contributed by atoms with Crippen molar-refractivity contribution in [3.63, 3.8) is 0 Å². The molecule has 0 unspecified atom stereocenters. The van der Waals surface area contributed by atoms with Gasteiger partial charge in [0.25, 0.3) is 0 Å². The van der Waals surface area contributed by atoms with Crippen LogP contribution in [0, 0.1) is 11.3 Å². The molecule has 2 aliphatic heterocycles. The van der Waals surface area contributed by atoms with Gasteiger partial charge in [0.2, 0.25) is 0 Å². The maximum atomic E-state index is 11.9. The van der Waals surface area contributed by atoms with E-state index in [1.807, 2.05) is 24.3 Å². The minimum absolute atomic E-state index is 0.278. The predicted octanol–water partition coefficient (Wildman–Crippen LogP) is 3.73. The zero-order valence-corrected chi connectivity index (χ0v) is 14.3. The van der Waals surface area contributed by atoms with Crippen molar-refractivity contribution in [1.82, 2.24) is 0 Å². The van der Waals surface area contributed by atoms with Gasteiger partial charge in [0.15, 0.2) is 0 Å². The first kappa shape index (κ1) is 15.8. The first-order valence-corrected chi connectivity index (χ1v) is 8.55. The second-order valence-corrected chi connectivity index (χ2v) is 6.56. The highest BCUT2D eigenvalue weighted by Crippen LogP contribution is 2.34. The Bertz CT molecular complexity index is 891. The van der Waals surface area contributed by atoms with Gasteiger partial charge in [0, 0.05) is 18.1 Å². The van der Waals surface area contributed by atoms with E-state index in [1.165, 1.54) is 11.1 Å². The number of nitriles is 1. The van der Waals surface area contributed by atoms with E-state index in [-0.39, 0.29) is 6.09 Å². The molecule has 0 radical (unpaired) electrons. The summed E-state index contributed by atoms with van der Waals surface area (Å²) in [5.41, 5.74) is 4.77. The van der Waals surface area contributed by atoms with E-state index in [4.69, 9.17) is 16.3 Å². The van der Waals surface area contributed by atoms with Crippen LogP contribution in [0.5, 0.6) is 0 Å². The summed E-state index contributed by atoms with van der Waals surface area (Å²) in [6, 6.07) is 13.6. The third-order valence-electron chi connectivity index (χ3n) is 4.71. The Morgan fingerprint density at radius 1 is 1.16 bits per heavy atom. The van der Waals surface area contributed by atoms with Crippen LogP contribution in [0.25, 0.3) is 0 Å². The molecule has 2 aliphatic rings. The molecular formula is C19H16ClN3O2. The lowest BCUT2D eigenvalue weighted by atomic mass is 9.96. The van der Waals surface area contributed by atoms with E-state index in [0.29, 0.717) is 30.3 Å². The monoisotopic (exact) mass is 353 g/mol. The first-order valence-electron chi connectivity index (χ1n) is 8.17. The number of ether oxygens (including phenoxy) is 1. The van der Waals surface area contributed by atoms with Gasteiger partial charge in [0.05, 0.1) is 23.5 Å². The third-order valence-corrected chi connectivity index (χ3v) is 4.95. The number of cyclic esters (lactones) is 1. The van der Waals surface area contributed by atoms with Crippen molar-refractivity contribution in [2.45, 2.75) is 13.0 Å². The number of rotatable bonds is 2. The number of carbonyl (C=O) groups is 1. The smallest absolute Gasteiger partial charge is 0.414 e. The fraction of sp³-hybridized carbons (Fsp3) is 0.263. The molecular weight excluding hydrogens is 338 g/mol. The maximum Gasteiger partial charge on any atom is 0.414 e. The van der Waals surface area contributed by atoms with Crippen LogP contribution in [0.2, 0.25) is 5.02 Å². The molecule has 4 rings (SSSR count). The number of nitrogens with zero attached hydrogens (tertiary/aromatic N) is 3. The van der Waals surface area contributed by atoms with Gasteiger partial charge in [-0.05, 0) is 41.8 Å². The highest BCUT2D eigenvalue weighted by molar-refractivity contribution is 6.30. The average molecular weight is 354 g/mol. The summed E-state index contributed by atoms with van der Waals surface area (Å²) in [6.45, 7) is 2.51. The average Bonchev–Trinajstić information content (AvgIpc) is 3.06. The van der Waals surface area contributed by atoms with Gasteiger partial charge in [0.1, 0.15) is 12.7 Å². The summed E-state index contributed by atoms with van der Waals surface area (Å²) in [5.74, 6) is 0. The van der Waals surface area contributed by atoms with Crippen LogP contribution in [-0.2, 0) is 17.7 Å². The summed E-state index contributed by atoms with van der Waals surface area (Å²) in [7, 11) is 0. The third kappa shape index (κ3) is 2.79. The van der Waals surface area contributed by atoms with Gasteiger partial charge >= 0.3 is 6.09 Å². The zero-order valence-electron chi connectivity index (χ0n) is 13.5. The molecule has 0 aliphatic carbocycles. The molecule has 0 spiro atoms. The second-order valence-electron chi connectivity index (χ2n) is 6.13. The molecule has 2 aromatic rings. The van der Waals surface area contributed by atoms with Gasteiger partial charge in [-0.25, -0.2) is 4.79 Å². The molecule has 25 heavy (non-hydrogen) atoms. The van der Waals surface area contributed by atoms with Crippen LogP contribution in [0.15, 0.2) is 36.4 Å². The Morgan fingerprint density at radius 2 is 2.04 bits per heavy atom. The number of halogens is 1. The van der Waals surface area contributed by atoms with Gasteiger partial charge in [-0.3, -0.25) is 4.90 Å². The summed E-state index contributed by atoms with van der Waals surface area (Å²) in [5, 5.41) is 9.95. The van der Waals surface area contributed by atoms with Crippen LogP contribution >= 0.6 is 11.6 Å². The number of amides is 1. The molecule has 1 amide bonds. The van der Waals surface area contributed by atoms with Crippen LogP contribution in [-0.4, -0.2) is 25.8 Å². The van der Waals surface area contributed by atoms with Crippen molar-refractivity contribution < 1.29 is 9.53 Å². The molecule has 0 aromatic heterocycles. The standard InChI is InChI=1S/C19H16ClN3O2/c20-15-4-5-17(14(10-15)11-21)22-7-6-16-13(12-22)2-1-3-18(16)23-8-9-25-19(23)24/h1-5,10H,6-9,12H2. The number of anilines is 2. The Kier molecular flexibility index (Phi) is 3.98. The Balaban J connectivity index is 1.67. The molecule has 6 heteroatoms. The lowest BCUT2D eigenvalue weighted by Gasteiger charge is -2.33. The zero-order chi connectivity index (χ0) is 17.4. The van der Waals surface area contributed by atoms with E-state index in [2.05, 4.69) is 17.0 Å². The fourth-order valence-corrected chi connectivity index (χ4v) is 3.71. The molecule has 2 heterocycles. The SMILES string of the molecule is N#Cc1cc(Cl)ccc1N1CCc2c(cccc2N2CCOC2=O)C1. The van der Waals surface area contributed by atoms with E-state index in [1.54, 1.807) is 11.0 Å². The quantitative estimate of drug-likeness (QED) is 0.825. The van der Waals surface area contributed by atoms with Crippen molar-refractivity contribution in [3.05, 3.63) is 58.1 Å². The van der Waals surface area contributed by atoms with E-state index in [9.17, 15) is 10.1 Å². The lowest BCUT2D eigenvalue weighted by molar-refractivity contribution is 0.181. The van der Waals surface area contributed by atoms with Crippen molar-refractivity contribution in [2.75, 3.05) is 29.5 Å². The van der Waals surface area contributed by atoms with Crippen LogP contribution in [0.1, 0.15) is 16.7 Å². The summed E-state index contributed by atoms with van der Waals surface area (Å²) in [4.78, 5) is 15.8. The van der Waals surface area contributed by atoms with Crippen molar-refractivity contribution >= 4 is 29.1 Å². The Morgan fingerprint density at radius 3 is 2.80 bits per heavy atom. The second kappa shape index (κ2) is 6.30. The molecule has 0 N–H and O–H groups in total. The van der Waals surface area contributed by atoms with Crippen LogP contribution in [0.3, 0.4) is 0 Å². The largest absolute Gasteiger partial charge is 0.447 e. The van der Waals surface area contributed by atoms with Crippen molar-refractivity contribution in [3.8, 4) is 6.07 Å². The number of hydrogen-bond acceptors (Lipinski definition) is 4. The van der Waals surface area contributed by atoms with E-state index in [0.717, 1.165) is 24.3 Å². The minimum atomic E-state index is -0.278. The van der Waals surface area contributed by atoms with Crippen molar-refractivity contribution in [2.24, 2.45) is 0 Å². The number of fused-ring (bicyclic) bond motifs is 1. The first-order chi connectivity index (χ1) is 12.2. The number of hydrogen-bond donors (Lipinski definition) is 0. The molecule has 0 saturated carbocycles. The lowest BCUT2D eigenvalue weighted by Crippen LogP contribution is -2.33. The summed E-state index contributed by atoms with van der Waals surface area (Å²) < 4.78 is 5.07. The van der Waals surface area contributed by atoms with E-state index >= 15 is 0 Å². The molecule has 5 nitrogen and oxygen atoms in total. The van der Waals surface area contributed by atoms with Gasteiger partial charge in [-0.2, -0.15) is 5.26 Å². The number of carbonyl (C=O) groups excluding carboxylic acids is 1. The molecule has 1 fully saturated rings. The fourth-order valence-electron chi connectivity index (χ4n) is 3.53. The van der Waals surface area contributed by atoms with Crippen LogP contribution < -0.4 is 9.80 Å². The van der Waals surface area contributed by atoms with Gasteiger partial charge in [-0.15, -0.1) is 0 Å². The minimum Gasteiger partial charge on any atom is -0.447 e.